The van der Waals surface area contributed by atoms with Gasteiger partial charge in [0.25, 0.3) is 11.4 Å². The Hall–Kier alpha value is -5.98. The fraction of sp³-hybridized carbons (Fsp3) is 0.316. The zero-order chi connectivity index (χ0) is 36.7. The van der Waals surface area contributed by atoms with Crippen LogP contribution >= 0.6 is 0 Å². The average molecular weight is 692 g/mol. The minimum absolute atomic E-state index is 0.00271. The number of ether oxygens (including phenoxy) is 1. The van der Waals surface area contributed by atoms with Crippen molar-refractivity contribution in [1.82, 2.24) is 30.0 Å². The number of carbonyl (C=O) groups is 3. The van der Waals surface area contributed by atoms with E-state index in [9.17, 15) is 19.2 Å². The minimum atomic E-state index is -1.06. The normalized spacial score (nSPS) is 12.0. The number of nitrogens with zero attached hydrogens (tertiary/aromatic N) is 6. The number of benzene rings is 2. The summed E-state index contributed by atoms with van der Waals surface area (Å²) in [5, 5.41) is 10.9. The second-order valence-corrected chi connectivity index (χ2v) is 12.9. The van der Waals surface area contributed by atoms with Crippen molar-refractivity contribution in [2.24, 2.45) is 5.92 Å². The molecule has 13 heteroatoms. The van der Waals surface area contributed by atoms with Crippen LogP contribution in [0.1, 0.15) is 68.0 Å². The number of ketones is 1. The molecule has 0 aliphatic heterocycles. The van der Waals surface area contributed by atoms with E-state index in [-0.39, 0.29) is 35.8 Å². The van der Waals surface area contributed by atoms with Crippen LogP contribution in [0.2, 0.25) is 0 Å². The lowest BCUT2D eigenvalue weighted by Crippen LogP contribution is -2.47. The van der Waals surface area contributed by atoms with Gasteiger partial charge in [-0.1, -0.05) is 87.5 Å². The minimum Gasteiger partial charge on any atom is -0.444 e. The van der Waals surface area contributed by atoms with Gasteiger partial charge in [0, 0.05) is 18.8 Å². The van der Waals surface area contributed by atoms with Gasteiger partial charge >= 0.3 is 6.09 Å². The summed E-state index contributed by atoms with van der Waals surface area (Å²) < 4.78 is 12.5. The Labute approximate surface area is 295 Å². The van der Waals surface area contributed by atoms with E-state index in [4.69, 9.17) is 9.15 Å². The zero-order valence-electron chi connectivity index (χ0n) is 29.5. The number of hydrogen-bond acceptors (Lipinski definition) is 10. The third-order valence-corrected chi connectivity index (χ3v) is 8.51. The molecule has 2 amide bonds. The Bertz CT molecular complexity index is 2040. The number of rotatable bonds is 13. The van der Waals surface area contributed by atoms with Crippen molar-refractivity contribution in [3.8, 4) is 11.4 Å². The maximum atomic E-state index is 13.9. The van der Waals surface area contributed by atoms with Crippen molar-refractivity contribution in [3.05, 3.63) is 124 Å². The highest BCUT2D eigenvalue weighted by atomic mass is 16.6. The van der Waals surface area contributed by atoms with Crippen molar-refractivity contribution < 1.29 is 23.5 Å². The van der Waals surface area contributed by atoms with Crippen molar-refractivity contribution in [2.45, 2.75) is 65.6 Å². The summed E-state index contributed by atoms with van der Waals surface area (Å²) in [7, 11) is 1.39. The number of aryl methyl sites for hydroxylation is 1. The Morgan fingerprint density at radius 3 is 2.24 bits per heavy atom. The number of anilines is 1. The molecule has 3 aromatic heterocycles. The predicted molar refractivity (Wildman–Crippen MR) is 190 cm³/mol. The highest BCUT2D eigenvalue weighted by Gasteiger charge is 2.35. The SMILES string of the molecule is CCc1ccc(C(C)(C)c2nnc(C(=O)[C@@H](NC(=O)Cn3c(-c4ccccc4)ncc(N(C)C(=O)OCc4ccccc4)c3=O)C(C)C)o2)nc1. The Kier molecular flexibility index (Phi) is 11.2. The van der Waals surface area contributed by atoms with Crippen LogP contribution in [0.4, 0.5) is 10.5 Å². The number of amides is 2. The van der Waals surface area contributed by atoms with Gasteiger partial charge in [-0.25, -0.2) is 9.78 Å². The first kappa shape index (κ1) is 36.3. The zero-order valence-corrected chi connectivity index (χ0v) is 29.5. The second kappa shape index (κ2) is 15.7. The van der Waals surface area contributed by atoms with E-state index in [1.807, 2.05) is 69.3 Å². The fourth-order valence-electron chi connectivity index (χ4n) is 5.31. The molecule has 0 bridgehead atoms. The van der Waals surface area contributed by atoms with Crippen LogP contribution < -0.4 is 15.8 Å². The van der Waals surface area contributed by atoms with Crippen LogP contribution in [-0.4, -0.2) is 55.6 Å². The molecule has 0 fully saturated rings. The van der Waals surface area contributed by atoms with Crippen LogP contribution in [0.3, 0.4) is 0 Å². The molecule has 5 aromatic rings. The molecule has 0 radical (unpaired) electrons. The second-order valence-electron chi connectivity index (χ2n) is 12.9. The summed E-state index contributed by atoms with van der Waals surface area (Å²) in [5.41, 5.74) is 1.58. The highest BCUT2D eigenvalue weighted by molar-refractivity contribution is 5.98. The molecule has 0 saturated carbocycles. The first-order valence-corrected chi connectivity index (χ1v) is 16.6. The van der Waals surface area contributed by atoms with Crippen LogP contribution in [0.25, 0.3) is 11.4 Å². The molecule has 0 aliphatic carbocycles. The lowest BCUT2D eigenvalue weighted by molar-refractivity contribution is -0.122. The molecule has 2 aromatic carbocycles. The number of carbonyl (C=O) groups excluding carboxylic acids is 3. The molecular formula is C38H41N7O6. The molecule has 3 heterocycles. The summed E-state index contributed by atoms with van der Waals surface area (Å²) >= 11 is 0. The largest absolute Gasteiger partial charge is 0.444 e. The maximum absolute atomic E-state index is 13.9. The number of nitrogens with one attached hydrogen (secondary N) is 1. The summed E-state index contributed by atoms with van der Waals surface area (Å²) in [6.07, 6.45) is 3.13. The molecule has 0 aliphatic rings. The monoisotopic (exact) mass is 691 g/mol. The molecule has 1 atom stereocenters. The lowest BCUT2D eigenvalue weighted by atomic mass is 9.88. The summed E-state index contributed by atoms with van der Waals surface area (Å²) in [4.78, 5) is 64.3. The van der Waals surface area contributed by atoms with Crippen LogP contribution in [0, 0.1) is 5.92 Å². The van der Waals surface area contributed by atoms with E-state index in [0.29, 0.717) is 11.3 Å². The van der Waals surface area contributed by atoms with Crippen LogP contribution in [-0.2, 0) is 34.5 Å². The molecule has 5 rings (SSSR count). The average Bonchev–Trinajstić information content (AvgIpc) is 3.65. The number of hydrogen-bond donors (Lipinski definition) is 1. The Morgan fingerprint density at radius 2 is 1.61 bits per heavy atom. The molecule has 13 nitrogen and oxygen atoms in total. The molecule has 264 valence electrons. The molecule has 0 unspecified atom stereocenters. The van der Waals surface area contributed by atoms with E-state index in [0.717, 1.165) is 27.0 Å². The van der Waals surface area contributed by atoms with Gasteiger partial charge < -0.3 is 14.5 Å². The Balaban J connectivity index is 1.37. The first-order chi connectivity index (χ1) is 24.4. The van der Waals surface area contributed by atoms with Crippen molar-refractivity contribution in [2.75, 3.05) is 11.9 Å². The summed E-state index contributed by atoms with van der Waals surface area (Å²) in [6, 6.07) is 20.8. The highest BCUT2D eigenvalue weighted by Crippen LogP contribution is 2.29. The summed E-state index contributed by atoms with van der Waals surface area (Å²) in [5.74, 6) is -1.47. The van der Waals surface area contributed by atoms with Gasteiger partial charge in [-0.15, -0.1) is 10.2 Å². The maximum Gasteiger partial charge on any atom is 0.414 e. The van der Waals surface area contributed by atoms with Crippen LogP contribution in [0.15, 0.2) is 94.4 Å². The molecule has 51 heavy (non-hydrogen) atoms. The third-order valence-electron chi connectivity index (χ3n) is 8.51. The predicted octanol–water partition coefficient (Wildman–Crippen LogP) is 5.37. The molecule has 0 spiro atoms. The van der Waals surface area contributed by atoms with Gasteiger partial charge in [0.2, 0.25) is 17.6 Å². The fourth-order valence-corrected chi connectivity index (χ4v) is 5.31. The smallest absolute Gasteiger partial charge is 0.414 e. The molecule has 1 N–H and O–H groups in total. The third kappa shape index (κ3) is 8.26. The quantitative estimate of drug-likeness (QED) is 0.159. The molecular weight excluding hydrogens is 650 g/mol. The van der Waals surface area contributed by atoms with Gasteiger partial charge in [-0.2, -0.15) is 0 Å². The van der Waals surface area contributed by atoms with Gasteiger partial charge in [-0.3, -0.25) is 28.8 Å². The van der Waals surface area contributed by atoms with Crippen molar-refractivity contribution in [1.29, 1.82) is 0 Å². The summed E-state index contributed by atoms with van der Waals surface area (Å²) in [6.45, 7) is 8.81. The Morgan fingerprint density at radius 1 is 0.922 bits per heavy atom. The van der Waals surface area contributed by atoms with E-state index >= 15 is 0 Å². The van der Waals surface area contributed by atoms with E-state index < -0.39 is 41.3 Å². The van der Waals surface area contributed by atoms with E-state index in [2.05, 4.69) is 25.5 Å². The number of aromatic nitrogens is 5. The van der Waals surface area contributed by atoms with Gasteiger partial charge in [0.05, 0.1) is 23.3 Å². The van der Waals surface area contributed by atoms with Crippen molar-refractivity contribution in [3.63, 3.8) is 0 Å². The standard InChI is InChI=1S/C38H41N7O6/c1-7-25-18-19-29(39-20-25)38(4,5)36-43-42-34(51-36)32(47)31(24(2)3)41-30(46)22-45-33(27-16-12-9-13-17-27)40-21-28(35(45)48)44(6)37(49)50-23-26-14-10-8-11-15-26/h8-21,24,31H,7,22-23H2,1-6H3,(H,41,46)/t31-/m0/s1. The number of pyridine rings is 1. The van der Waals surface area contributed by atoms with Crippen LogP contribution in [0.5, 0.6) is 0 Å². The first-order valence-electron chi connectivity index (χ1n) is 16.6. The topological polar surface area (TPSA) is 162 Å². The van der Waals surface area contributed by atoms with E-state index in [1.165, 1.54) is 13.2 Å². The van der Waals surface area contributed by atoms with Gasteiger partial charge in [-0.05, 0) is 43.4 Å². The van der Waals surface area contributed by atoms with E-state index in [1.54, 1.807) is 44.3 Å². The van der Waals surface area contributed by atoms with Gasteiger partial charge in [0.1, 0.15) is 24.7 Å². The number of Topliss-reactive ketones (excluding diaryl/α,β-unsaturated/α-hetero) is 1. The molecule has 0 saturated heterocycles. The lowest BCUT2D eigenvalue weighted by Gasteiger charge is -2.22. The van der Waals surface area contributed by atoms with Crippen molar-refractivity contribution >= 4 is 23.5 Å². The van der Waals surface area contributed by atoms with Gasteiger partial charge in [0.15, 0.2) is 0 Å².